The molecule has 0 radical (unpaired) electrons. The van der Waals surface area contributed by atoms with Crippen molar-refractivity contribution in [3.05, 3.63) is 23.7 Å². The summed E-state index contributed by atoms with van der Waals surface area (Å²) in [5, 5.41) is 3.05. The Kier molecular flexibility index (Phi) is 7.01. The van der Waals surface area contributed by atoms with Gasteiger partial charge in [0.25, 0.3) is 5.76 Å². The molecular weight excluding hydrogens is 286 g/mol. The van der Waals surface area contributed by atoms with Crippen LogP contribution in [-0.2, 0) is 17.1 Å². The number of nitrogens with one attached hydrogen (secondary N) is 1. The Bertz CT molecular complexity index is 426. The minimum absolute atomic E-state index is 0.00698. The van der Waals surface area contributed by atoms with E-state index in [1.807, 2.05) is 6.92 Å². The Hall–Kier alpha value is -1.08. The van der Waals surface area contributed by atoms with E-state index in [2.05, 4.69) is 5.32 Å². The van der Waals surface area contributed by atoms with Crippen LogP contribution in [0.25, 0.3) is 0 Å². The summed E-state index contributed by atoms with van der Waals surface area (Å²) in [7, 11) is 1.74. The first-order chi connectivity index (χ1) is 9.43. The number of furan rings is 1. The van der Waals surface area contributed by atoms with Crippen LogP contribution in [0.15, 0.2) is 16.5 Å². The first-order valence-electron chi connectivity index (χ1n) is 6.39. The molecule has 0 aliphatic heterocycles. The van der Waals surface area contributed by atoms with Crippen molar-refractivity contribution in [2.45, 2.75) is 37.9 Å². The predicted octanol–water partition coefficient (Wildman–Crippen LogP) is 2.69. The summed E-state index contributed by atoms with van der Waals surface area (Å²) in [6.07, 6.45) is 0. The van der Waals surface area contributed by atoms with Crippen LogP contribution in [0.5, 0.6) is 0 Å². The molecule has 0 fully saturated rings. The maximum atomic E-state index is 12.0. The Morgan fingerprint density at radius 3 is 2.70 bits per heavy atom. The fourth-order valence-electron chi connectivity index (χ4n) is 1.57. The molecular formula is C13H20F2N2O2S. The van der Waals surface area contributed by atoms with Crippen molar-refractivity contribution >= 4 is 17.7 Å². The smallest absolute Gasteiger partial charge is 0.284 e. The van der Waals surface area contributed by atoms with Crippen LogP contribution in [0.2, 0.25) is 0 Å². The maximum absolute atomic E-state index is 12.0. The fourth-order valence-corrected chi connectivity index (χ4v) is 2.01. The molecule has 4 nitrogen and oxygen atoms in total. The third kappa shape index (κ3) is 5.50. The lowest BCUT2D eigenvalue weighted by Gasteiger charge is -2.20. The molecule has 1 amide bonds. The van der Waals surface area contributed by atoms with Gasteiger partial charge in [-0.3, -0.25) is 10.1 Å². The Morgan fingerprint density at radius 1 is 1.45 bits per heavy atom. The molecule has 1 N–H and O–H groups in total. The van der Waals surface area contributed by atoms with Gasteiger partial charge in [0.15, 0.2) is 0 Å². The zero-order chi connectivity index (χ0) is 15.1. The van der Waals surface area contributed by atoms with E-state index < -0.39 is 5.76 Å². The van der Waals surface area contributed by atoms with E-state index in [1.54, 1.807) is 31.0 Å². The molecule has 0 saturated carbocycles. The molecule has 1 rings (SSSR count). The number of thioether (sulfide) groups is 1. The second kappa shape index (κ2) is 8.26. The van der Waals surface area contributed by atoms with Gasteiger partial charge in [-0.1, -0.05) is 11.8 Å². The summed E-state index contributed by atoms with van der Waals surface area (Å²) in [5.74, 6) is -1.10. The van der Waals surface area contributed by atoms with Crippen LogP contribution in [0.1, 0.15) is 25.4 Å². The molecule has 7 heteroatoms. The van der Waals surface area contributed by atoms with E-state index >= 15 is 0 Å². The van der Waals surface area contributed by atoms with Crippen molar-refractivity contribution in [3.8, 4) is 0 Å². The van der Waals surface area contributed by atoms with Gasteiger partial charge in [0.05, 0.1) is 18.3 Å². The Morgan fingerprint density at radius 2 is 2.10 bits per heavy atom. The highest BCUT2D eigenvalue weighted by molar-refractivity contribution is 7.98. The van der Waals surface area contributed by atoms with Gasteiger partial charge < -0.3 is 9.32 Å². The van der Waals surface area contributed by atoms with E-state index in [9.17, 15) is 13.6 Å². The lowest BCUT2D eigenvalue weighted by atomic mass is 10.3. The average molecular weight is 306 g/mol. The number of amides is 1. The molecule has 1 heterocycles. The lowest BCUT2D eigenvalue weighted by Crippen LogP contribution is -2.42. The van der Waals surface area contributed by atoms with Crippen LogP contribution in [-0.4, -0.2) is 36.2 Å². The van der Waals surface area contributed by atoms with Gasteiger partial charge in [-0.15, -0.1) is 0 Å². The van der Waals surface area contributed by atoms with Crippen molar-refractivity contribution in [1.82, 2.24) is 10.2 Å². The minimum atomic E-state index is -2.40. The summed E-state index contributed by atoms with van der Waals surface area (Å²) >= 11 is 0.526. The quantitative estimate of drug-likeness (QED) is 0.802. The van der Waals surface area contributed by atoms with Crippen molar-refractivity contribution in [2.24, 2.45) is 0 Å². The van der Waals surface area contributed by atoms with Gasteiger partial charge >= 0.3 is 0 Å². The van der Waals surface area contributed by atoms with Crippen LogP contribution >= 0.6 is 11.8 Å². The fraction of sp³-hybridized carbons (Fsp3) is 0.615. The number of hydrogen-bond acceptors (Lipinski definition) is 4. The second-order valence-electron chi connectivity index (χ2n) is 4.39. The average Bonchev–Trinajstić information content (AvgIpc) is 2.88. The maximum Gasteiger partial charge on any atom is 0.284 e. The van der Waals surface area contributed by atoms with Crippen molar-refractivity contribution in [1.29, 1.82) is 0 Å². The molecule has 20 heavy (non-hydrogen) atoms. The molecule has 1 unspecified atom stereocenters. The monoisotopic (exact) mass is 306 g/mol. The second-order valence-corrected chi connectivity index (χ2v) is 5.37. The zero-order valence-corrected chi connectivity index (χ0v) is 12.7. The van der Waals surface area contributed by atoms with Crippen molar-refractivity contribution in [2.75, 3.05) is 13.6 Å². The van der Waals surface area contributed by atoms with Crippen LogP contribution in [0.3, 0.4) is 0 Å². The van der Waals surface area contributed by atoms with E-state index in [1.165, 1.54) is 0 Å². The summed E-state index contributed by atoms with van der Waals surface area (Å²) in [4.78, 5) is 13.5. The number of halogens is 2. The molecule has 1 atom stereocenters. The highest BCUT2D eigenvalue weighted by Crippen LogP contribution is 2.21. The number of carbonyl (C=O) groups is 1. The van der Waals surface area contributed by atoms with Crippen LogP contribution in [0, 0.1) is 0 Å². The lowest BCUT2D eigenvalue weighted by molar-refractivity contribution is -0.131. The molecule has 0 aliphatic carbocycles. The van der Waals surface area contributed by atoms with Crippen LogP contribution in [0.4, 0.5) is 8.78 Å². The summed E-state index contributed by atoms with van der Waals surface area (Å²) in [5.41, 5.74) is 0. The van der Waals surface area contributed by atoms with Gasteiger partial charge in [-0.25, -0.2) is 0 Å². The summed E-state index contributed by atoms with van der Waals surface area (Å²) in [6.45, 7) is 4.74. The zero-order valence-electron chi connectivity index (χ0n) is 11.9. The largest absolute Gasteiger partial charge is 0.464 e. The predicted molar refractivity (Wildman–Crippen MR) is 75.6 cm³/mol. The third-order valence-corrected chi connectivity index (χ3v) is 3.58. The molecule has 114 valence electrons. The first kappa shape index (κ1) is 17.0. The van der Waals surface area contributed by atoms with E-state index in [4.69, 9.17) is 4.42 Å². The number of carbonyl (C=O) groups excluding carboxylic acids is 1. The molecule has 0 aromatic carbocycles. The number of rotatable bonds is 8. The standard InChI is InChI=1S/C13H20F2N2O2S/c1-4-17(3)12(18)9(2)16-7-10-5-6-11(19-10)8-20-13(14)15/h5-6,9,13,16H,4,7-8H2,1-3H3. The number of likely N-dealkylation sites (N-methyl/N-ethyl adjacent to an activating group) is 1. The third-order valence-electron chi connectivity index (χ3n) is 2.87. The Labute approximate surface area is 121 Å². The molecule has 1 aromatic heterocycles. The van der Waals surface area contributed by atoms with Gasteiger partial charge in [0.2, 0.25) is 5.91 Å². The van der Waals surface area contributed by atoms with E-state index in [-0.39, 0.29) is 17.7 Å². The van der Waals surface area contributed by atoms with E-state index in [0.29, 0.717) is 36.4 Å². The van der Waals surface area contributed by atoms with E-state index in [0.717, 1.165) is 0 Å². The molecule has 0 saturated heterocycles. The minimum Gasteiger partial charge on any atom is -0.464 e. The van der Waals surface area contributed by atoms with Crippen molar-refractivity contribution < 1.29 is 18.0 Å². The normalized spacial score (nSPS) is 12.7. The summed E-state index contributed by atoms with van der Waals surface area (Å²) < 4.78 is 29.5. The topological polar surface area (TPSA) is 45.5 Å². The number of hydrogen-bond donors (Lipinski definition) is 1. The molecule has 0 spiro atoms. The van der Waals surface area contributed by atoms with Crippen molar-refractivity contribution in [3.63, 3.8) is 0 Å². The molecule has 1 aromatic rings. The highest BCUT2D eigenvalue weighted by Gasteiger charge is 2.16. The molecule has 0 bridgehead atoms. The van der Waals surface area contributed by atoms with Gasteiger partial charge in [-0.2, -0.15) is 8.78 Å². The number of nitrogens with zero attached hydrogens (tertiary/aromatic N) is 1. The highest BCUT2D eigenvalue weighted by atomic mass is 32.2. The first-order valence-corrected chi connectivity index (χ1v) is 7.44. The van der Waals surface area contributed by atoms with Gasteiger partial charge in [0.1, 0.15) is 11.5 Å². The van der Waals surface area contributed by atoms with Gasteiger partial charge in [0, 0.05) is 13.6 Å². The number of alkyl halides is 2. The molecule has 0 aliphatic rings. The van der Waals surface area contributed by atoms with Gasteiger partial charge in [-0.05, 0) is 26.0 Å². The summed E-state index contributed by atoms with van der Waals surface area (Å²) in [6, 6.07) is 3.09. The van der Waals surface area contributed by atoms with Crippen LogP contribution < -0.4 is 5.32 Å². The Balaban J connectivity index is 2.40. The SMILES string of the molecule is CCN(C)C(=O)C(C)NCc1ccc(CSC(F)F)o1.